The zero-order valence-corrected chi connectivity index (χ0v) is 19.0. The van der Waals surface area contributed by atoms with Crippen molar-refractivity contribution in [3.63, 3.8) is 0 Å². The average Bonchev–Trinajstić information content (AvgIpc) is 3.38. The third-order valence-corrected chi connectivity index (χ3v) is 7.04. The Morgan fingerprint density at radius 2 is 2.15 bits per heavy atom. The molecule has 7 nitrogen and oxygen atoms in total. The Labute approximate surface area is 197 Å². The summed E-state index contributed by atoms with van der Waals surface area (Å²) in [4.78, 5) is 24.0. The van der Waals surface area contributed by atoms with Gasteiger partial charge in [0, 0.05) is 42.6 Å². The van der Waals surface area contributed by atoms with E-state index in [0.717, 1.165) is 48.1 Å². The minimum absolute atomic E-state index is 0.0326. The van der Waals surface area contributed by atoms with Gasteiger partial charge < -0.3 is 19.2 Å². The van der Waals surface area contributed by atoms with E-state index in [1.54, 1.807) is 25.6 Å². The van der Waals surface area contributed by atoms with Crippen LogP contribution in [0.1, 0.15) is 52.1 Å². The van der Waals surface area contributed by atoms with Gasteiger partial charge in [0.15, 0.2) is 23.1 Å². The van der Waals surface area contributed by atoms with Crippen molar-refractivity contribution in [3.8, 4) is 11.5 Å². The Kier molecular flexibility index (Phi) is 4.98. The Bertz CT molecular complexity index is 1350. The molecule has 0 unspecified atom stereocenters. The van der Waals surface area contributed by atoms with Gasteiger partial charge in [0.05, 0.1) is 7.11 Å². The van der Waals surface area contributed by atoms with E-state index < -0.39 is 0 Å². The van der Waals surface area contributed by atoms with E-state index in [0.29, 0.717) is 30.4 Å². The highest BCUT2D eigenvalue weighted by Crippen LogP contribution is 2.44. The van der Waals surface area contributed by atoms with Crippen LogP contribution in [0, 0.1) is 5.92 Å². The lowest BCUT2D eigenvalue weighted by molar-refractivity contribution is 0.0852. The summed E-state index contributed by atoms with van der Waals surface area (Å²) in [5.41, 5.74) is 4.35. The first-order valence-corrected chi connectivity index (χ1v) is 11.6. The summed E-state index contributed by atoms with van der Waals surface area (Å²) < 4.78 is 11.6. The molecule has 1 aliphatic carbocycles. The van der Waals surface area contributed by atoms with Gasteiger partial charge in [-0.2, -0.15) is 0 Å². The predicted octanol–water partition coefficient (Wildman–Crippen LogP) is 5.19. The number of aromatic hydroxyl groups is 1. The largest absolute Gasteiger partial charge is 0.504 e. The highest BCUT2D eigenvalue weighted by Gasteiger charge is 2.36. The van der Waals surface area contributed by atoms with E-state index >= 15 is 0 Å². The molecule has 2 aliphatic heterocycles. The number of hydrogen-bond donors (Lipinski definition) is 1. The minimum Gasteiger partial charge on any atom is -0.504 e. The van der Waals surface area contributed by atoms with E-state index in [-0.39, 0.29) is 23.2 Å². The molecule has 3 aliphatic rings. The number of nitrogens with zero attached hydrogens (tertiary/aromatic N) is 3. The lowest BCUT2D eigenvalue weighted by Gasteiger charge is -2.30. The van der Waals surface area contributed by atoms with Gasteiger partial charge in [-0.15, -0.1) is 0 Å². The van der Waals surface area contributed by atoms with E-state index in [1.165, 1.54) is 5.56 Å². The number of pyridine rings is 1. The number of fused-ring (bicyclic) bond motifs is 2. The van der Waals surface area contributed by atoms with E-state index in [1.807, 2.05) is 18.2 Å². The van der Waals surface area contributed by atoms with Crippen molar-refractivity contribution in [1.29, 1.82) is 0 Å². The molecule has 0 radical (unpaired) electrons. The molecule has 1 N–H and O–H groups in total. The Hall–Kier alpha value is -3.87. The summed E-state index contributed by atoms with van der Waals surface area (Å²) in [7, 11) is 1.67. The van der Waals surface area contributed by atoms with Crippen LogP contribution in [0.5, 0.6) is 11.5 Å². The number of anilines is 1. The number of Topliss-reactive ketones (excluding diaryl/α,β-unsaturated/α-hetero) is 1. The SMILES string of the molecule is COc1ccc2c(c1)CCN(c1oc(C=C3C=Nc4ncccc43)c(O)c1C(=O)C1CCC1)C2. The van der Waals surface area contributed by atoms with E-state index in [2.05, 4.69) is 27.0 Å². The zero-order chi connectivity index (χ0) is 23.2. The molecule has 7 heteroatoms. The molecule has 6 rings (SSSR count). The number of rotatable bonds is 5. The Balaban J connectivity index is 1.40. The normalized spacial score (nSPS) is 18.0. The van der Waals surface area contributed by atoms with Crippen LogP contribution in [0.25, 0.3) is 11.6 Å². The topological polar surface area (TPSA) is 88.2 Å². The molecule has 1 fully saturated rings. The standard InChI is InChI=1S/C27H25N3O4/c1-33-20-8-7-18-15-30(11-9-17(18)12-20)27-23(24(31)16-4-2-5-16)25(32)22(34-27)13-19-14-29-26-21(19)6-3-10-28-26/h3,6-8,10,12-14,16,32H,2,4-5,9,11,15H2,1H3. The molecule has 34 heavy (non-hydrogen) atoms. The average molecular weight is 456 g/mol. The smallest absolute Gasteiger partial charge is 0.211 e. The fraction of sp³-hybridized carbons (Fsp3) is 0.296. The first-order chi connectivity index (χ1) is 16.6. The van der Waals surface area contributed by atoms with Gasteiger partial charge in [-0.25, -0.2) is 9.98 Å². The van der Waals surface area contributed by atoms with Crippen molar-refractivity contribution in [1.82, 2.24) is 4.98 Å². The van der Waals surface area contributed by atoms with Crippen molar-refractivity contribution >= 4 is 35.3 Å². The number of furan rings is 1. The van der Waals surface area contributed by atoms with Crippen LogP contribution < -0.4 is 9.64 Å². The minimum atomic E-state index is -0.0920. The van der Waals surface area contributed by atoms with Crippen molar-refractivity contribution in [2.75, 3.05) is 18.6 Å². The molecule has 0 bridgehead atoms. The number of methoxy groups -OCH3 is 1. The Morgan fingerprint density at radius 3 is 2.94 bits per heavy atom. The monoisotopic (exact) mass is 455 g/mol. The van der Waals surface area contributed by atoms with Crippen molar-refractivity contribution in [2.45, 2.75) is 32.2 Å². The first-order valence-electron chi connectivity index (χ1n) is 11.6. The second-order valence-electron chi connectivity index (χ2n) is 9.03. The van der Waals surface area contributed by atoms with Crippen LogP contribution in [0.15, 0.2) is 45.9 Å². The van der Waals surface area contributed by atoms with Crippen LogP contribution in [0.4, 0.5) is 11.7 Å². The highest BCUT2D eigenvalue weighted by molar-refractivity contribution is 6.21. The summed E-state index contributed by atoms with van der Waals surface area (Å²) in [6.07, 6.45) is 8.70. The number of allylic oxidation sites excluding steroid dienone is 1. The number of hydrogen-bond acceptors (Lipinski definition) is 7. The van der Waals surface area contributed by atoms with Crippen LogP contribution in [-0.2, 0) is 13.0 Å². The second kappa shape index (κ2) is 8.17. The van der Waals surface area contributed by atoms with Gasteiger partial charge in [-0.05, 0) is 60.7 Å². The third kappa shape index (κ3) is 3.39. The summed E-state index contributed by atoms with van der Waals surface area (Å²) in [5.74, 6) is 2.02. The number of carbonyl (C=O) groups is 1. The maximum absolute atomic E-state index is 13.4. The molecule has 4 heterocycles. The van der Waals surface area contributed by atoms with Gasteiger partial charge in [0.1, 0.15) is 11.3 Å². The fourth-order valence-corrected chi connectivity index (χ4v) is 4.86. The van der Waals surface area contributed by atoms with E-state index in [9.17, 15) is 9.90 Å². The molecular weight excluding hydrogens is 430 g/mol. The summed E-state index contributed by atoms with van der Waals surface area (Å²) in [5, 5.41) is 11.2. The molecule has 2 aromatic heterocycles. The summed E-state index contributed by atoms with van der Waals surface area (Å²) >= 11 is 0. The Morgan fingerprint density at radius 1 is 1.26 bits per heavy atom. The quantitative estimate of drug-likeness (QED) is 0.533. The summed E-state index contributed by atoms with van der Waals surface area (Å²) in [6.45, 7) is 1.28. The fourth-order valence-electron chi connectivity index (χ4n) is 4.86. The van der Waals surface area contributed by atoms with Crippen LogP contribution in [-0.4, -0.2) is 35.7 Å². The number of aliphatic imine (C=N–C) groups is 1. The molecule has 1 saturated carbocycles. The van der Waals surface area contributed by atoms with Gasteiger partial charge in [-0.3, -0.25) is 4.79 Å². The maximum Gasteiger partial charge on any atom is 0.211 e. The highest BCUT2D eigenvalue weighted by atomic mass is 16.5. The number of ether oxygens (including phenoxy) is 1. The van der Waals surface area contributed by atoms with Crippen molar-refractivity contribution in [3.05, 3.63) is 64.5 Å². The summed E-state index contributed by atoms with van der Waals surface area (Å²) in [6, 6.07) is 9.84. The number of carbonyl (C=O) groups excluding carboxylic acids is 1. The maximum atomic E-state index is 13.4. The number of benzene rings is 1. The van der Waals surface area contributed by atoms with Crippen LogP contribution >= 0.6 is 0 Å². The van der Waals surface area contributed by atoms with Gasteiger partial charge in [0.2, 0.25) is 5.88 Å². The van der Waals surface area contributed by atoms with Gasteiger partial charge in [-0.1, -0.05) is 12.5 Å². The van der Waals surface area contributed by atoms with Crippen molar-refractivity contribution in [2.24, 2.45) is 10.9 Å². The van der Waals surface area contributed by atoms with Gasteiger partial charge >= 0.3 is 0 Å². The van der Waals surface area contributed by atoms with Crippen molar-refractivity contribution < 1.29 is 19.1 Å². The molecule has 0 saturated heterocycles. The van der Waals surface area contributed by atoms with Crippen LogP contribution in [0.2, 0.25) is 0 Å². The van der Waals surface area contributed by atoms with Crippen LogP contribution in [0.3, 0.4) is 0 Å². The molecule has 0 amide bonds. The van der Waals surface area contributed by atoms with Gasteiger partial charge in [0.25, 0.3) is 0 Å². The number of aromatic nitrogens is 1. The molecule has 0 atom stereocenters. The first kappa shape index (κ1) is 20.7. The van der Waals surface area contributed by atoms with E-state index in [4.69, 9.17) is 9.15 Å². The molecule has 1 aromatic carbocycles. The lowest BCUT2D eigenvalue weighted by atomic mass is 9.80. The molecule has 0 spiro atoms. The second-order valence-corrected chi connectivity index (χ2v) is 9.03. The molecule has 172 valence electrons. The molecule has 3 aromatic rings. The predicted molar refractivity (Wildman–Crippen MR) is 130 cm³/mol. The third-order valence-electron chi connectivity index (χ3n) is 7.04. The number of ketones is 1. The molecular formula is C27H25N3O4. The zero-order valence-electron chi connectivity index (χ0n) is 19.0. The lowest BCUT2D eigenvalue weighted by Crippen LogP contribution is -2.32.